The maximum absolute atomic E-state index is 10.7. The second-order valence-electron chi connectivity index (χ2n) is 3.12. The molecule has 0 fully saturated rings. The number of hydrogen-bond donors (Lipinski definition) is 0. The molecule has 11 heavy (non-hydrogen) atoms. The Kier molecular flexibility index (Phi) is 3.12. The number of carbonyl (C=O) groups is 1. The smallest absolute Gasteiger partial charge is 0.256 e. The Hall–Kier alpha value is -0.310. The second kappa shape index (κ2) is 3.90. The largest absolute Gasteiger partial charge is 0.272 e. The molecule has 62 valence electrons. The molecule has 0 aromatic heterocycles. The Morgan fingerprint density at radius 2 is 2.36 bits per heavy atom. The molecule has 0 bridgehead atoms. The fourth-order valence-corrected chi connectivity index (χ4v) is 1.67. The summed E-state index contributed by atoms with van der Waals surface area (Å²) in [5, 5.41) is 1.03. The van der Waals surface area contributed by atoms with E-state index in [0.717, 1.165) is 17.9 Å². The molecule has 0 atom stereocenters. The minimum Gasteiger partial charge on any atom is -0.272 e. The van der Waals surface area contributed by atoms with Gasteiger partial charge in [-0.15, -0.1) is 11.8 Å². The third kappa shape index (κ3) is 3.06. The molecule has 2 nitrogen and oxygen atoms in total. The van der Waals surface area contributed by atoms with Crippen molar-refractivity contribution in [1.29, 1.82) is 0 Å². The van der Waals surface area contributed by atoms with Gasteiger partial charge in [-0.05, 0) is 18.8 Å². The first-order valence-electron chi connectivity index (χ1n) is 3.91. The lowest BCUT2D eigenvalue weighted by atomic mass is 10.1. The van der Waals surface area contributed by atoms with Crippen LogP contribution < -0.4 is 0 Å². The lowest BCUT2D eigenvalue weighted by Crippen LogP contribution is -1.93. The summed E-state index contributed by atoms with van der Waals surface area (Å²) in [6.45, 7) is 4.37. The lowest BCUT2D eigenvalue weighted by Gasteiger charge is -2.01. The molecule has 0 radical (unpaired) electrons. The fraction of sp³-hybridized carbons (Fsp3) is 0.750. The monoisotopic (exact) mass is 171 g/mol. The average molecular weight is 171 g/mol. The van der Waals surface area contributed by atoms with Gasteiger partial charge in [-0.1, -0.05) is 13.8 Å². The molecule has 1 rings (SSSR count). The number of amides is 1. The van der Waals surface area contributed by atoms with Gasteiger partial charge in [0.1, 0.15) is 0 Å². The maximum Gasteiger partial charge on any atom is 0.256 e. The van der Waals surface area contributed by atoms with Crippen molar-refractivity contribution >= 4 is 22.7 Å². The Labute approximate surface area is 71.5 Å². The van der Waals surface area contributed by atoms with Gasteiger partial charge in [-0.3, -0.25) is 4.79 Å². The number of hydrogen-bond acceptors (Lipinski definition) is 2. The van der Waals surface area contributed by atoms with Crippen molar-refractivity contribution < 1.29 is 4.79 Å². The van der Waals surface area contributed by atoms with E-state index in [1.54, 1.807) is 11.8 Å². The molecule has 3 heteroatoms. The Balaban J connectivity index is 2.27. The molecule has 0 saturated heterocycles. The molecule has 0 aromatic carbocycles. The van der Waals surface area contributed by atoms with E-state index in [-0.39, 0.29) is 5.91 Å². The third-order valence-corrected chi connectivity index (χ3v) is 2.57. The zero-order valence-corrected chi connectivity index (χ0v) is 7.78. The molecular weight excluding hydrogens is 158 g/mol. The van der Waals surface area contributed by atoms with Gasteiger partial charge >= 0.3 is 0 Å². The van der Waals surface area contributed by atoms with Crippen LogP contribution in [0.4, 0.5) is 0 Å². The molecule has 1 aliphatic heterocycles. The fourth-order valence-electron chi connectivity index (χ4n) is 0.889. The summed E-state index contributed by atoms with van der Waals surface area (Å²) in [6.07, 6.45) is 2.12. The second-order valence-corrected chi connectivity index (χ2v) is 4.17. The van der Waals surface area contributed by atoms with Crippen LogP contribution in [0.5, 0.6) is 0 Å². The van der Waals surface area contributed by atoms with Gasteiger partial charge in [0.25, 0.3) is 5.91 Å². The van der Waals surface area contributed by atoms with Crippen molar-refractivity contribution in [3.8, 4) is 0 Å². The first-order chi connectivity index (χ1) is 5.18. The maximum atomic E-state index is 10.7. The molecule has 0 saturated carbocycles. The van der Waals surface area contributed by atoms with E-state index < -0.39 is 0 Å². The van der Waals surface area contributed by atoms with Gasteiger partial charge in [0.15, 0.2) is 0 Å². The molecule has 0 aliphatic carbocycles. The first kappa shape index (κ1) is 8.78. The van der Waals surface area contributed by atoms with Crippen LogP contribution in [0.1, 0.15) is 26.7 Å². The van der Waals surface area contributed by atoms with Crippen molar-refractivity contribution in [2.75, 3.05) is 5.75 Å². The van der Waals surface area contributed by atoms with E-state index in [2.05, 4.69) is 18.8 Å². The van der Waals surface area contributed by atoms with E-state index in [4.69, 9.17) is 0 Å². The highest BCUT2D eigenvalue weighted by atomic mass is 32.2. The summed E-state index contributed by atoms with van der Waals surface area (Å²) < 4.78 is 0. The predicted octanol–water partition coefficient (Wildman–Crippen LogP) is 2.09. The zero-order chi connectivity index (χ0) is 8.27. The van der Waals surface area contributed by atoms with Crippen LogP contribution in [-0.2, 0) is 4.79 Å². The predicted molar refractivity (Wildman–Crippen MR) is 49.0 cm³/mol. The van der Waals surface area contributed by atoms with E-state index in [9.17, 15) is 4.79 Å². The summed E-state index contributed by atoms with van der Waals surface area (Å²) in [5.74, 6) is 1.30. The highest BCUT2D eigenvalue weighted by molar-refractivity contribution is 8.15. The number of aliphatic imine (C=N–C) groups is 1. The van der Waals surface area contributed by atoms with Crippen LogP contribution in [0.15, 0.2) is 4.99 Å². The van der Waals surface area contributed by atoms with Crippen molar-refractivity contribution in [2.45, 2.75) is 26.7 Å². The zero-order valence-electron chi connectivity index (χ0n) is 6.96. The molecule has 1 amide bonds. The summed E-state index contributed by atoms with van der Waals surface area (Å²) in [7, 11) is 0. The first-order valence-corrected chi connectivity index (χ1v) is 4.90. The standard InChI is InChI=1S/C8H13NOS/c1-6(2)3-4-8-9-7(10)5-11-8/h6H,3-5H2,1-2H3. The van der Waals surface area contributed by atoms with Crippen LogP contribution in [-0.4, -0.2) is 16.7 Å². The minimum atomic E-state index is 0.0359. The summed E-state index contributed by atoms with van der Waals surface area (Å²) >= 11 is 1.59. The van der Waals surface area contributed by atoms with E-state index >= 15 is 0 Å². The molecule has 0 N–H and O–H groups in total. The highest BCUT2D eigenvalue weighted by Gasteiger charge is 2.13. The number of thioether (sulfide) groups is 1. The molecule has 1 heterocycles. The van der Waals surface area contributed by atoms with Crippen LogP contribution in [0, 0.1) is 5.92 Å². The van der Waals surface area contributed by atoms with Crippen molar-refractivity contribution in [3.63, 3.8) is 0 Å². The van der Waals surface area contributed by atoms with Gasteiger partial charge in [-0.25, -0.2) is 4.99 Å². The number of rotatable bonds is 3. The summed E-state index contributed by atoms with van der Waals surface area (Å²) in [6, 6.07) is 0. The Morgan fingerprint density at radius 3 is 2.82 bits per heavy atom. The van der Waals surface area contributed by atoms with Crippen molar-refractivity contribution in [1.82, 2.24) is 0 Å². The van der Waals surface area contributed by atoms with Gasteiger partial charge in [0.2, 0.25) is 0 Å². The number of nitrogens with zero attached hydrogens (tertiary/aromatic N) is 1. The van der Waals surface area contributed by atoms with E-state index in [1.165, 1.54) is 0 Å². The van der Waals surface area contributed by atoms with E-state index in [1.807, 2.05) is 0 Å². The summed E-state index contributed by atoms with van der Waals surface area (Å²) in [5.41, 5.74) is 0. The van der Waals surface area contributed by atoms with Crippen molar-refractivity contribution in [2.24, 2.45) is 10.9 Å². The van der Waals surface area contributed by atoms with Crippen LogP contribution >= 0.6 is 11.8 Å². The summed E-state index contributed by atoms with van der Waals surface area (Å²) in [4.78, 5) is 14.6. The molecule has 1 aliphatic rings. The van der Waals surface area contributed by atoms with Gasteiger partial charge in [0.05, 0.1) is 10.8 Å². The molecular formula is C8H13NOS. The van der Waals surface area contributed by atoms with Gasteiger partial charge < -0.3 is 0 Å². The highest BCUT2D eigenvalue weighted by Crippen LogP contribution is 2.18. The molecule has 0 unspecified atom stereocenters. The minimum absolute atomic E-state index is 0.0359. The Morgan fingerprint density at radius 1 is 1.64 bits per heavy atom. The van der Waals surface area contributed by atoms with Crippen molar-refractivity contribution in [3.05, 3.63) is 0 Å². The topological polar surface area (TPSA) is 29.4 Å². The van der Waals surface area contributed by atoms with Gasteiger partial charge in [0, 0.05) is 0 Å². The molecule has 0 spiro atoms. The van der Waals surface area contributed by atoms with Crippen LogP contribution in [0.25, 0.3) is 0 Å². The third-order valence-electron chi connectivity index (χ3n) is 1.55. The quantitative estimate of drug-likeness (QED) is 0.650. The molecule has 0 aromatic rings. The van der Waals surface area contributed by atoms with E-state index in [0.29, 0.717) is 11.7 Å². The Bertz CT molecular complexity index is 187. The van der Waals surface area contributed by atoms with Gasteiger partial charge in [-0.2, -0.15) is 0 Å². The number of carbonyl (C=O) groups excluding carboxylic acids is 1. The normalized spacial score (nSPS) is 17.7. The lowest BCUT2D eigenvalue weighted by molar-refractivity contribution is -0.115. The SMILES string of the molecule is CC(C)CCC1=NC(=O)CS1. The average Bonchev–Trinajstić information content (AvgIpc) is 2.31. The van der Waals surface area contributed by atoms with Crippen LogP contribution in [0.2, 0.25) is 0 Å². The van der Waals surface area contributed by atoms with Crippen LogP contribution in [0.3, 0.4) is 0 Å².